The van der Waals surface area contributed by atoms with E-state index in [-0.39, 0.29) is 11.9 Å². The predicted octanol–water partition coefficient (Wildman–Crippen LogP) is 2.55. The number of nitrogens with two attached hydrogens (primary N) is 1. The standard InChI is InChI=1S/C13H16FN3/c1-8(15)11-5-4-10(14)6-12(11)13-7-16-17(3)9(13)2/h4-8H,15H2,1-3H3. The Bertz CT molecular complexity index is 544. The number of nitrogens with zero attached hydrogens (tertiary/aromatic N) is 2. The summed E-state index contributed by atoms with van der Waals surface area (Å²) in [5.41, 5.74) is 9.59. The quantitative estimate of drug-likeness (QED) is 0.866. The second kappa shape index (κ2) is 4.30. The van der Waals surface area contributed by atoms with E-state index in [1.54, 1.807) is 16.9 Å². The maximum Gasteiger partial charge on any atom is 0.123 e. The lowest BCUT2D eigenvalue weighted by Gasteiger charge is -2.12. The van der Waals surface area contributed by atoms with Gasteiger partial charge in [-0.25, -0.2) is 4.39 Å². The van der Waals surface area contributed by atoms with Crippen molar-refractivity contribution in [1.29, 1.82) is 0 Å². The van der Waals surface area contributed by atoms with Crippen molar-refractivity contribution in [3.63, 3.8) is 0 Å². The number of benzene rings is 1. The molecule has 90 valence electrons. The van der Waals surface area contributed by atoms with Crippen LogP contribution in [-0.4, -0.2) is 9.78 Å². The van der Waals surface area contributed by atoms with E-state index < -0.39 is 0 Å². The maximum absolute atomic E-state index is 13.4. The highest BCUT2D eigenvalue weighted by Gasteiger charge is 2.14. The van der Waals surface area contributed by atoms with Crippen molar-refractivity contribution in [2.45, 2.75) is 19.9 Å². The van der Waals surface area contributed by atoms with Crippen LogP contribution in [0.15, 0.2) is 24.4 Å². The molecule has 0 spiro atoms. The molecule has 2 rings (SSSR count). The highest BCUT2D eigenvalue weighted by Crippen LogP contribution is 2.30. The van der Waals surface area contributed by atoms with Crippen molar-refractivity contribution in [3.05, 3.63) is 41.5 Å². The van der Waals surface area contributed by atoms with E-state index in [1.165, 1.54) is 12.1 Å². The first-order chi connectivity index (χ1) is 8.00. The summed E-state index contributed by atoms with van der Waals surface area (Å²) in [6.07, 6.45) is 1.75. The Morgan fingerprint density at radius 3 is 2.59 bits per heavy atom. The minimum atomic E-state index is -0.257. The highest BCUT2D eigenvalue weighted by atomic mass is 19.1. The summed E-state index contributed by atoms with van der Waals surface area (Å²) >= 11 is 0. The van der Waals surface area contributed by atoms with Gasteiger partial charge in [0.2, 0.25) is 0 Å². The first kappa shape index (κ1) is 11.8. The molecule has 0 saturated carbocycles. The molecule has 4 heteroatoms. The molecule has 0 bridgehead atoms. The molecule has 1 aromatic carbocycles. The number of hydrogen-bond acceptors (Lipinski definition) is 2. The van der Waals surface area contributed by atoms with Crippen LogP contribution in [0.5, 0.6) is 0 Å². The van der Waals surface area contributed by atoms with Gasteiger partial charge in [-0.1, -0.05) is 6.07 Å². The Morgan fingerprint density at radius 1 is 1.35 bits per heavy atom. The van der Waals surface area contributed by atoms with E-state index in [4.69, 9.17) is 5.73 Å². The number of aromatic nitrogens is 2. The van der Waals surface area contributed by atoms with Crippen LogP contribution in [0.2, 0.25) is 0 Å². The van der Waals surface area contributed by atoms with E-state index in [9.17, 15) is 4.39 Å². The van der Waals surface area contributed by atoms with Crippen molar-refractivity contribution in [2.24, 2.45) is 12.8 Å². The molecule has 0 radical (unpaired) electrons. The molecule has 2 aromatic rings. The van der Waals surface area contributed by atoms with Gasteiger partial charge in [0.15, 0.2) is 0 Å². The van der Waals surface area contributed by atoms with E-state index in [0.717, 1.165) is 22.4 Å². The average molecular weight is 233 g/mol. The fourth-order valence-electron chi connectivity index (χ4n) is 1.92. The third-order valence-corrected chi connectivity index (χ3v) is 3.03. The molecule has 1 atom stereocenters. The first-order valence-electron chi connectivity index (χ1n) is 5.54. The van der Waals surface area contributed by atoms with Crippen LogP contribution >= 0.6 is 0 Å². The monoisotopic (exact) mass is 233 g/mol. The van der Waals surface area contributed by atoms with Gasteiger partial charge < -0.3 is 5.73 Å². The summed E-state index contributed by atoms with van der Waals surface area (Å²) in [5.74, 6) is -0.257. The molecular weight excluding hydrogens is 217 g/mol. The fraction of sp³-hybridized carbons (Fsp3) is 0.308. The topological polar surface area (TPSA) is 43.8 Å². The Hall–Kier alpha value is -1.68. The van der Waals surface area contributed by atoms with Crippen molar-refractivity contribution in [1.82, 2.24) is 9.78 Å². The van der Waals surface area contributed by atoms with Crippen LogP contribution in [0.25, 0.3) is 11.1 Å². The largest absolute Gasteiger partial charge is 0.324 e. The first-order valence-corrected chi connectivity index (χ1v) is 5.54. The molecule has 0 aliphatic heterocycles. The molecule has 2 N–H and O–H groups in total. The summed E-state index contributed by atoms with van der Waals surface area (Å²) in [6.45, 7) is 3.85. The van der Waals surface area contributed by atoms with Gasteiger partial charge in [-0.3, -0.25) is 4.68 Å². The number of hydrogen-bond donors (Lipinski definition) is 1. The molecule has 0 saturated heterocycles. The molecule has 0 aliphatic rings. The summed E-state index contributed by atoms with van der Waals surface area (Å²) in [4.78, 5) is 0. The molecule has 0 amide bonds. The minimum absolute atomic E-state index is 0.134. The van der Waals surface area contributed by atoms with E-state index in [1.807, 2.05) is 20.9 Å². The minimum Gasteiger partial charge on any atom is -0.324 e. The zero-order valence-corrected chi connectivity index (χ0v) is 10.2. The lowest BCUT2D eigenvalue weighted by atomic mass is 9.96. The summed E-state index contributed by atoms with van der Waals surface area (Å²) in [5, 5.41) is 4.18. The summed E-state index contributed by atoms with van der Waals surface area (Å²) in [7, 11) is 1.86. The van der Waals surface area contributed by atoms with Crippen LogP contribution in [0, 0.1) is 12.7 Å². The van der Waals surface area contributed by atoms with E-state index >= 15 is 0 Å². The third kappa shape index (κ3) is 2.08. The van der Waals surface area contributed by atoms with Gasteiger partial charge in [0.1, 0.15) is 5.82 Å². The Balaban J connectivity index is 2.65. The van der Waals surface area contributed by atoms with Gasteiger partial charge in [-0.2, -0.15) is 5.10 Å². The molecular formula is C13H16FN3. The fourth-order valence-corrected chi connectivity index (χ4v) is 1.92. The molecule has 0 fully saturated rings. The number of aryl methyl sites for hydroxylation is 1. The molecule has 0 aliphatic carbocycles. The van der Waals surface area contributed by atoms with Crippen LogP contribution in [-0.2, 0) is 7.05 Å². The van der Waals surface area contributed by atoms with Crippen molar-refractivity contribution >= 4 is 0 Å². The molecule has 17 heavy (non-hydrogen) atoms. The van der Waals surface area contributed by atoms with Gasteiger partial charge in [-0.05, 0) is 37.1 Å². The van der Waals surface area contributed by atoms with Crippen molar-refractivity contribution in [3.8, 4) is 11.1 Å². The lowest BCUT2D eigenvalue weighted by molar-refractivity contribution is 0.626. The van der Waals surface area contributed by atoms with Gasteiger partial charge in [-0.15, -0.1) is 0 Å². The summed E-state index contributed by atoms with van der Waals surface area (Å²) < 4.78 is 15.1. The highest BCUT2D eigenvalue weighted by molar-refractivity contribution is 5.69. The van der Waals surface area contributed by atoms with Crippen molar-refractivity contribution in [2.75, 3.05) is 0 Å². The van der Waals surface area contributed by atoms with Crippen LogP contribution in [0.3, 0.4) is 0 Å². The van der Waals surface area contributed by atoms with Gasteiger partial charge >= 0.3 is 0 Å². The zero-order chi connectivity index (χ0) is 12.6. The Morgan fingerprint density at radius 2 is 2.06 bits per heavy atom. The zero-order valence-electron chi connectivity index (χ0n) is 10.2. The third-order valence-electron chi connectivity index (χ3n) is 3.03. The Labute approximate surface area is 100 Å². The maximum atomic E-state index is 13.4. The van der Waals surface area contributed by atoms with Crippen LogP contribution < -0.4 is 5.73 Å². The molecule has 1 unspecified atom stereocenters. The van der Waals surface area contributed by atoms with Crippen molar-refractivity contribution < 1.29 is 4.39 Å². The smallest absolute Gasteiger partial charge is 0.123 e. The van der Waals surface area contributed by atoms with Crippen LogP contribution in [0.4, 0.5) is 4.39 Å². The number of rotatable bonds is 2. The lowest BCUT2D eigenvalue weighted by Crippen LogP contribution is -2.07. The van der Waals surface area contributed by atoms with Gasteiger partial charge in [0, 0.05) is 24.3 Å². The van der Waals surface area contributed by atoms with Crippen LogP contribution in [0.1, 0.15) is 24.2 Å². The average Bonchev–Trinajstić information content (AvgIpc) is 2.59. The normalized spacial score (nSPS) is 12.8. The SMILES string of the molecule is Cc1c(-c2cc(F)ccc2C(C)N)cnn1C. The second-order valence-electron chi connectivity index (χ2n) is 4.29. The van der Waals surface area contributed by atoms with E-state index in [0.29, 0.717) is 0 Å². The molecule has 3 nitrogen and oxygen atoms in total. The number of halogens is 1. The van der Waals surface area contributed by atoms with E-state index in [2.05, 4.69) is 5.10 Å². The molecule has 1 heterocycles. The predicted molar refractivity (Wildman–Crippen MR) is 65.9 cm³/mol. The Kier molecular flexibility index (Phi) is 2.98. The second-order valence-corrected chi connectivity index (χ2v) is 4.29. The molecule has 1 aromatic heterocycles. The van der Waals surface area contributed by atoms with Gasteiger partial charge in [0.25, 0.3) is 0 Å². The van der Waals surface area contributed by atoms with Gasteiger partial charge in [0.05, 0.1) is 6.20 Å². The summed E-state index contributed by atoms with van der Waals surface area (Å²) in [6, 6.07) is 4.56.